The number of rotatable bonds is 6. The smallest absolute Gasteiger partial charge is 0.234 e. The first-order chi connectivity index (χ1) is 9.24. The van der Waals surface area contributed by atoms with Crippen LogP contribution in [-0.4, -0.2) is 23.0 Å². The fourth-order valence-electron chi connectivity index (χ4n) is 1.79. The van der Waals surface area contributed by atoms with Gasteiger partial charge in [-0.2, -0.15) is 4.98 Å². The van der Waals surface area contributed by atoms with E-state index in [1.165, 1.54) is 0 Å². The molecule has 0 aliphatic carbocycles. The Morgan fingerprint density at radius 3 is 2.74 bits per heavy atom. The lowest BCUT2D eigenvalue weighted by Crippen LogP contribution is -2.05. The second kappa shape index (κ2) is 6.24. The molecular weight excluding hydrogens is 244 g/mol. The molecule has 1 heterocycles. The molecule has 5 heteroatoms. The van der Waals surface area contributed by atoms with Crippen molar-refractivity contribution in [2.24, 2.45) is 0 Å². The van der Waals surface area contributed by atoms with Crippen LogP contribution >= 0.6 is 0 Å². The molecule has 1 aromatic heterocycles. The highest BCUT2D eigenvalue weighted by Crippen LogP contribution is 2.17. The van der Waals surface area contributed by atoms with Crippen LogP contribution in [0.25, 0.3) is 0 Å². The number of ketones is 1. The van der Waals surface area contributed by atoms with Crippen LogP contribution < -0.4 is 0 Å². The Bertz CT molecular complexity index is 533. The summed E-state index contributed by atoms with van der Waals surface area (Å²) in [6, 6.07) is 9.05. The zero-order valence-corrected chi connectivity index (χ0v) is 11.0. The lowest BCUT2D eigenvalue weighted by Gasteiger charge is -2.05. The van der Waals surface area contributed by atoms with Crippen molar-refractivity contribution in [3.8, 4) is 0 Å². The topological polar surface area (TPSA) is 65.2 Å². The number of methoxy groups -OCH3 is 1. The molecule has 0 saturated carbocycles. The van der Waals surface area contributed by atoms with Gasteiger partial charge in [-0.3, -0.25) is 4.79 Å². The van der Waals surface area contributed by atoms with Gasteiger partial charge >= 0.3 is 0 Å². The number of hydrogen-bond donors (Lipinski definition) is 0. The first-order valence-electron chi connectivity index (χ1n) is 6.18. The van der Waals surface area contributed by atoms with Gasteiger partial charge in [0.25, 0.3) is 0 Å². The Balaban J connectivity index is 2.06. The third-order valence-electron chi connectivity index (χ3n) is 2.83. The third kappa shape index (κ3) is 3.26. The highest BCUT2D eigenvalue weighted by Gasteiger charge is 2.18. The Kier molecular flexibility index (Phi) is 4.41. The van der Waals surface area contributed by atoms with Crippen molar-refractivity contribution in [1.29, 1.82) is 0 Å². The minimum absolute atomic E-state index is 0.0405. The second-order valence-corrected chi connectivity index (χ2v) is 4.14. The lowest BCUT2D eigenvalue weighted by molar-refractivity contribution is 0.0903. The van der Waals surface area contributed by atoms with Gasteiger partial charge in [-0.1, -0.05) is 42.4 Å². The molecule has 0 saturated heterocycles. The van der Waals surface area contributed by atoms with Crippen molar-refractivity contribution in [2.75, 3.05) is 7.11 Å². The van der Waals surface area contributed by atoms with E-state index >= 15 is 0 Å². The molecule has 0 aliphatic heterocycles. The maximum Gasteiger partial charge on any atom is 0.234 e. The molecular formula is C14H16N2O3. The number of Topliss-reactive ketones (excluding diaryl/α,β-unsaturated/α-hetero) is 1. The molecule has 0 radical (unpaired) electrons. The summed E-state index contributed by atoms with van der Waals surface area (Å²) >= 11 is 0. The summed E-state index contributed by atoms with van der Waals surface area (Å²) in [6.07, 6.45) is 0.670. The Morgan fingerprint density at radius 2 is 2.11 bits per heavy atom. The molecule has 0 bridgehead atoms. The molecule has 0 aliphatic rings. The standard InChI is InChI=1S/C14H16N2O3/c1-3-12(18-2)14-15-13(19-16-14)9-11(17)10-7-5-4-6-8-10/h4-8,12H,3,9H2,1-2H3. The summed E-state index contributed by atoms with van der Waals surface area (Å²) in [7, 11) is 1.60. The number of carbonyl (C=O) groups excluding carboxylic acids is 1. The predicted molar refractivity (Wildman–Crippen MR) is 68.8 cm³/mol. The van der Waals surface area contributed by atoms with Crippen LogP contribution in [0.2, 0.25) is 0 Å². The average Bonchev–Trinajstić information content (AvgIpc) is 2.89. The molecule has 1 unspecified atom stereocenters. The van der Waals surface area contributed by atoms with E-state index in [0.717, 1.165) is 6.42 Å². The number of ether oxygens (including phenoxy) is 1. The van der Waals surface area contributed by atoms with Crippen molar-refractivity contribution in [3.63, 3.8) is 0 Å². The van der Waals surface area contributed by atoms with E-state index in [-0.39, 0.29) is 18.3 Å². The molecule has 2 aromatic rings. The van der Waals surface area contributed by atoms with Gasteiger partial charge in [-0.05, 0) is 6.42 Å². The van der Waals surface area contributed by atoms with E-state index in [4.69, 9.17) is 9.26 Å². The minimum atomic E-state index is -0.190. The average molecular weight is 260 g/mol. The first kappa shape index (κ1) is 13.4. The number of carbonyl (C=O) groups is 1. The van der Waals surface area contributed by atoms with Crippen molar-refractivity contribution in [1.82, 2.24) is 10.1 Å². The second-order valence-electron chi connectivity index (χ2n) is 4.14. The molecule has 0 spiro atoms. The number of hydrogen-bond acceptors (Lipinski definition) is 5. The molecule has 0 N–H and O–H groups in total. The molecule has 19 heavy (non-hydrogen) atoms. The molecule has 0 fully saturated rings. The van der Waals surface area contributed by atoms with Crippen LogP contribution in [0.4, 0.5) is 0 Å². The van der Waals surface area contributed by atoms with E-state index in [2.05, 4.69) is 10.1 Å². The highest BCUT2D eigenvalue weighted by atomic mass is 16.5. The Hall–Kier alpha value is -2.01. The minimum Gasteiger partial charge on any atom is -0.373 e. The van der Waals surface area contributed by atoms with Crippen LogP contribution in [0.5, 0.6) is 0 Å². The van der Waals surface area contributed by atoms with Crippen LogP contribution in [0.15, 0.2) is 34.9 Å². The fraction of sp³-hybridized carbons (Fsp3) is 0.357. The first-order valence-corrected chi connectivity index (χ1v) is 6.18. The molecule has 100 valence electrons. The maximum absolute atomic E-state index is 12.0. The molecule has 0 amide bonds. The zero-order chi connectivity index (χ0) is 13.7. The summed E-state index contributed by atoms with van der Waals surface area (Å²) < 4.78 is 10.3. The van der Waals surface area contributed by atoms with Gasteiger partial charge in [0, 0.05) is 12.7 Å². The van der Waals surface area contributed by atoms with Crippen LogP contribution in [-0.2, 0) is 11.2 Å². The normalized spacial score (nSPS) is 12.3. The Morgan fingerprint density at radius 1 is 1.37 bits per heavy atom. The van der Waals surface area contributed by atoms with E-state index in [1.54, 1.807) is 19.2 Å². The zero-order valence-electron chi connectivity index (χ0n) is 11.0. The van der Waals surface area contributed by atoms with Gasteiger partial charge < -0.3 is 9.26 Å². The van der Waals surface area contributed by atoms with Crippen molar-refractivity contribution in [3.05, 3.63) is 47.6 Å². The van der Waals surface area contributed by atoms with Gasteiger partial charge in [0.05, 0.1) is 6.42 Å². The monoisotopic (exact) mass is 260 g/mol. The molecule has 5 nitrogen and oxygen atoms in total. The molecule has 1 atom stereocenters. The van der Waals surface area contributed by atoms with Crippen molar-refractivity contribution >= 4 is 5.78 Å². The lowest BCUT2D eigenvalue weighted by atomic mass is 10.1. The van der Waals surface area contributed by atoms with Gasteiger partial charge in [-0.15, -0.1) is 0 Å². The van der Waals surface area contributed by atoms with Crippen LogP contribution in [0.3, 0.4) is 0 Å². The summed E-state index contributed by atoms with van der Waals surface area (Å²) in [5.74, 6) is 0.765. The van der Waals surface area contributed by atoms with Crippen molar-refractivity contribution < 1.29 is 14.1 Å². The van der Waals surface area contributed by atoms with Gasteiger partial charge in [-0.25, -0.2) is 0 Å². The summed E-state index contributed by atoms with van der Waals surface area (Å²) in [4.78, 5) is 16.2. The quantitative estimate of drug-likeness (QED) is 0.747. The SMILES string of the molecule is CCC(OC)c1noc(CC(=O)c2ccccc2)n1. The molecule has 2 rings (SSSR count). The highest BCUT2D eigenvalue weighted by molar-refractivity contribution is 5.96. The predicted octanol–water partition coefficient (Wildman–Crippen LogP) is 2.59. The summed E-state index contributed by atoms with van der Waals surface area (Å²) in [5, 5.41) is 3.84. The van der Waals surface area contributed by atoms with Crippen LogP contribution in [0.1, 0.15) is 41.5 Å². The van der Waals surface area contributed by atoms with Crippen LogP contribution in [0, 0.1) is 0 Å². The number of nitrogens with zero attached hydrogens (tertiary/aromatic N) is 2. The van der Waals surface area contributed by atoms with E-state index in [0.29, 0.717) is 17.3 Å². The largest absolute Gasteiger partial charge is 0.373 e. The third-order valence-corrected chi connectivity index (χ3v) is 2.83. The maximum atomic E-state index is 12.0. The summed E-state index contributed by atoms with van der Waals surface area (Å²) in [5.41, 5.74) is 0.640. The van der Waals surface area contributed by atoms with E-state index < -0.39 is 0 Å². The van der Waals surface area contributed by atoms with E-state index in [9.17, 15) is 4.79 Å². The van der Waals surface area contributed by atoms with Crippen molar-refractivity contribution in [2.45, 2.75) is 25.9 Å². The van der Waals surface area contributed by atoms with Gasteiger partial charge in [0.2, 0.25) is 11.7 Å². The molecule has 1 aromatic carbocycles. The van der Waals surface area contributed by atoms with Gasteiger partial charge in [0.15, 0.2) is 5.78 Å². The van der Waals surface area contributed by atoms with E-state index in [1.807, 2.05) is 25.1 Å². The Labute approximate surface area is 111 Å². The summed E-state index contributed by atoms with van der Waals surface area (Å²) in [6.45, 7) is 1.97. The van der Waals surface area contributed by atoms with Gasteiger partial charge in [0.1, 0.15) is 6.10 Å². The fourth-order valence-corrected chi connectivity index (χ4v) is 1.79. The number of benzene rings is 1. The number of aromatic nitrogens is 2.